The zero-order valence-electron chi connectivity index (χ0n) is 8.49. The lowest BCUT2D eigenvalue weighted by molar-refractivity contribution is -0.137. The van der Waals surface area contributed by atoms with Gasteiger partial charge in [-0.3, -0.25) is 4.79 Å². The Morgan fingerprint density at radius 3 is 2.47 bits per heavy atom. The zero-order chi connectivity index (χ0) is 12.5. The molecule has 0 N–H and O–H groups in total. The summed E-state index contributed by atoms with van der Waals surface area (Å²) in [4.78, 5) is 11.1. The second-order valence-corrected chi connectivity index (χ2v) is 4.28. The predicted octanol–water partition coefficient (Wildman–Crippen LogP) is 4.25. The van der Waals surface area contributed by atoms with E-state index in [2.05, 4.69) is 0 Å². The molecule has 1 nitrogen and oxygen atoms in total. The molecule has 0 radical (unpaired) electrons. The third-order valence-corrected chi connectivity index (χ3v) is 3.26. The summed E-state index contributed by atoms with van der Waals surface area (Å²) >= 11 is 1.13. The summed E-state index contributed by atoms with van der Waals surface area (Å²) in [5.74, 6) is 0. The monoisotopic (exact) mass is 256 g/mol. The van der Waals surface area contributed by atoms with Crippen LogP contribution in [-0.4, -0.2) is 6.29 Å². The molecule has 1 aromatic heterocycles. The van der Waals surface area contributed by atoms with E-state index in [1.165, 1.54) is 24.3 Å². The molecule has 0 saturated carbocycles. The molecule has 0 aliphatic heterocycles. The van der Waals surface area contributed by atoms with E-state index in [1.54, 1.807) is 5.38 Å². The fraction of sp³-hybridized carbons (Fsp3) is 0.0833. The molecule has 0 fully saturated rings. The maximum absolute atomic E-state index is 12.8. The van der Waals surface area contributed by atoms with Gasteiger partial charge in [0.25, 0.3) is 0 Å². The van der Waals surface area contributed by atoms with Crippen LogP contribution in [0.3, 0.4) is 0 Å². The van der Waals surface area contributed by atoms with Crippen molar-refractivity contribution in [3.8, 4) is 10.4 Å². The molecule has 1 heterocycles. The Bertz CT molecular complexity index is 543. The Morgan fingerprint density at radius 2 is 1.82 bits per heavy atom. The van der Waals surface area contributed by atoms with Gasteiger partial charge in [-0.2, -0.15) is 13.2 Å². The molecule has 17 heavy (non-hydrogen) atoms. The molecule has 0 atom stereocenters. The molecule has 5 heteroatoms. The lowest BCUT2D eigenvalue weighted by atomic mass is 10.0. The number of halogens is 3. The minimum Gasteiger partial charge on any atom is -0.298 e. The standard InChI is InChI=1S/C12H7F3OS/c13-12(14,15)10-4-2-1-3-9(10)11-8(7-16)5-6-17-11/h1-7H. The first kappa shape index (κ1) is 11.9. The van der Waals surface area contributed by atoms with Gasteiger partial charge in [-0.1, -0.05) is 18.2 Å². The van der Waals surface area contributed by atoms with Crippen molar-refractivity contribution in [3.63, 3.8) is 0 Å². The number of benzene rings is 1. The van der Waals surface area contributed by atoms with Crippen LogP contribution in [0.1, 0.15) is 15.9 Å². The van der Waals surface area contributed by atoms with Crippen LogP contribution in [0, 0.1) is 0 Å². The van der Waals surface area contributed by atoms with Crippen molar-refractivity contribution < 1.29 is 18.0 Å². The van der Waals surface area contributed by atoms with Gasteiger partial charge in [0.15, 0.2) is 6.29 Å². The van der Waals surface area contributed by atoms with E-state index in [0.29, 0.717) is 11.2 Å². The predicted molar refractivity (Wildman–Crippen MR) is 60.1 cm³/mol. The fourth-order valence-electron chi connectivity index (χ4n) is 1.56. The second-order valence-electron chi connectivity index (χ2n) is 3.37. The molecule has 0 saturated heterocycles. The van der Waals surface area contributed by atoms with E-state index in [9.17, 15) is 18.0 Å². The second kappa shape index (κ2) is 4.33. The van der Waals surface area contributed by atoms with Crippen molar-refractivity contribution in [3.05, 3.63) is 46.8 Å². The molecule has 0 amide bonds. The number of thiophene rings is 1. The van der Waals surface area contributed by atoms with Crippen LogP contribution >= 0.6 is 11.3 Å². The van der Waals surface area contributed by atoms with Crippen molar-refractivity contribution in [2.75, 3.05) is 0 Å². The van der Waals surface area contributed by atoms with E-state index >= 15 is 0 Å². The highest BCUT2D eigenvalue weighted by atomic mass is 32.1. The van der Waals surface area contributed by atoms with E-state index in [4.69, 9.17) is 0 Å². The summed E-state index contributed by atoms with van der Waals surface area (Å²) in [6.45, 7) is 0. The minimum atomic E-state index is -4.42. The molecular weight excluding hydrogens is 249 g/mol. The maximum Gasteiger partial charge on any atom is 0.417 e. The van der Waals surface area contributed by atoms with Gasteiger partial charge in [-0.05, 0) is 17.5 Å². The summed E-state index contributed by atoms with van der Waals surface area (Å²) in [6, 6.07) is 6.77. The van der Waals surface area contributed by atoms with Crippen molar-refractivity contribution in [1.82, 2.24) is 0 Å². The lowest BCUT2D eigenvalue weighted by Gasteiger charge is -2.11. The summed E-state index contributed by atoms with van der Waals surface area (Å²) in [6.07, 6.45) is -3.85. The summed E-state index contributed by atoms with van der Waals surface area (Å²) in [5, 5.41) is 1.60. The first-order valence-corrected chi connectivity index (χ1v) is 5.61. The highest BCUT2D eigenvalue weighted by molar-refractivity contribution is 7.14. The quantitative estimate of drug-likeness (QED) is 0.734. The third kappa shape index (κ3) is 2.24. The number of hydrogen-bond donors (Lipinski definition) is 0. The minimum absolute atomic E-state index is 0.0529. The Kier molecular flexibility index (Phi) is 3.02. The fourth-order valence-corrected chi connectivity index (χ4v) is 2.47. The highest BCUT2D eigenvalue weighted by Gasteiger charge is 2.33. The van der Waals surface area contributed by atoms with Crippen LogP contribution in [0.2, 0.25) is 0 Å². The topological polar surface area (TPSA) is 17.1 Å². The third-order valence-electron chi connectivity index (χ3n) is 2.30. The maximum atomic E-state index is 12.8. The van der Waals surface area contributed by atoms with Gasteiger partial charge in [0, 0.05) is 16.0 Å². The molecule has 88 valence electrons. The molecule has 0 aliphatic rings. The van der Waals surface area contributed by atoms with Gasteiger partial charge in [0.1, 0.15) is 0 Å². The average molecular weight is 256 g/mol. The van der Waals surface area contributed by atoms with Crippen LogP contribution < -0.4 is 0 Å². The Labute approximate surface area is 99.5 Å². The smallest absolute Gasteiger partial charge is 0.298 e. The van der Waals surface area contributed by atoms with Crippen molar-refractivity contribution >= 4 is 17.6 Å². The molecule has 2 rings (SSSR count). The van der Waals surface area contributed by atoms with Crippen LogP contribution in [0.15, 0.2) is 35.7 Å². The Morgan fingerprint density at radius 1 is 1.12 bits per heavy atom. The molecule has 2 aromatic rings. The Hall–Kier alpha value is -1.62. The van der Waals surface area contributed by atoms with E-state index < -0.39 is 11.7 Å². The van der Waals surface area contributed by atoms with Crippen LogP contribution in [0.25, 0.3) is 10.4 Å². The van der Waals surface area contributed by atoms with Crippen LogP contribution in [-0.2, 0) is 6.18 Å². The van der Waals surface area contributed by atoms with Gasteiger partial charge in [0.05, 0.1) is 5.56 Å². The molecular formula is C12H7F3OS. The SMILES string of the molecule is O=Cc1ccsc1-c1ccccc1C(F)(F)F. The summed E-state index contributed by atoms with van der Waals surface area (Å²) < 4.78 is 38.4. The van der Waals surface area contributed by atoms with Gasteiger partial charge in [-0.15, -0.1) is 11.3 Å². The van der Waals surface area contributed by atoms with E-state index in [1.807, 2.05) is 0 Å². The Balaban J connectivity index is 2.64. The highest BCUT2D eigenvalue weighted by Crippen LogP contribution is 2.39. The first-order chi connectivity index (χ1) is 8.04. The number of hydrogen-bond acceptors (Lipinski definition) is 2. The molecule has 0 spiro atoms. The first-order valence-electron chi connectivity index (χ1n) is 4.73. The van der Waals surface area contributed by atoms with Gasteiger partial charge in [0.2, 0.25) is 0 Å². The number of aldehydes is 1. The average Bonchev–Trinajstić information content (AvgIpc) is 2.75. The van der Waals surface area contributed by atoms with Crippen LogP contribution in [0.4, 0.5) is 13.2 Å². The van der Waals surface area contributed by atoms with Crippen molar-refractivity contribution in [2.24, 2.45) is 0 Å². The number of alkyl halides is 3. The van der Waals surface area contributed by atoms with Gasteiger partial charge in [-0.25, -0.2) is 0 Å². The largest absolute Gasteiger partial charge is 0.417 e. The number of carbonyl (C=O) groups excluding carboxylic acids is 1. The van der Waals surface area contributed by atoms with Crippen molar-refractivity contribution in [1.29, 1.82) is 0 Å². The van der Waals surface area contributed by atoms with Gasteiger partial charge >= 0.3 is 6.18 Å². The van der Waals surface area contributed by atoms with Crippen molar-refractivity contribution in [2.45, 2.75) is 6.18 Å². The zero-order valence-corrected chi connectivity index (χ0v) is 9.31. The lowest BCUT2D eigenvalue weighted by Crippen LogP contribution is -2.06. The van der Waals surface area contributed by atoms with E-state index in [-0.39, 0.29) is 11.1 Å². The summed E-state index contributed by atoms with van der Waals surface area (Å²) in [7, 11) is 0. The van der Waals surface area contributed by atoms with Crippen LogP contribution in [0.5, 0.6) is 0 Å². The molecule has 0 bridgehead atoms. The van der Waals surface area contributed by atoms with Gasteiger partial charge < -0.3 is 0 Å². The number of carbonyl (C=O) groups is 1. The summed E-state index contributed by atoms with van der Waals surface area (Å²) in [5.41, 5.74) is -0.380. The molecule has 0 aliphatic carbocycles. The molecule has 1 aromatic carbocycles. The molecule has 0 unspecified atom stereocenters. The normalized spacial score (nSPS) is 11.5. The number of rotatable bonds is 2. The van der Waals surface area contributed by atoms with E-state index in [0.717, 1.165) is 17.4 Å².